The average molecular weight is 247 g/mol. The summed E-state index contributed by atoms with van der Waals surface area (Å²) in [6, 6.07) is 6.27. The molecule has 0 heterocycles. The van der Waals surface area contributed by atoms with Crippen LogP contribution in [0.25, 0.3) is 0 Å². The Hall–Kier alpha value is -1.22. The first-order valence-electron chi connectivity index (χ1n) is 6.85. The molecule has 2 aliphatic carbocycles. The lowest BCUT2D eigenvalue weighted by atomic mass is 9.95. The maximum absolute atomic E-state index is 9.56. The maximum atomic E-state index is 9.56. The van der Waals surface area contributed by atoms with E-state index < -0.39 is 0 Å². The molecule has 0 aliphatic heterocycles. The van der Waals surface area contributed by atoms with Gasteiger partial charge in [-0.3, -0.25) is 0 Å². The Morgan fingerprint density at radius 3 is 2.89 bits per heavy atom. The Labute approximate surface area is 108 Å². The predicted octanol–water partition coefficient (Wildman–Crippen LogP) is 2.68. The highest BCUT2D eigenvalue weighted by atomic mass is 16.5. The molecule has 0 radical (unpaired) electrons. The summed E-state index contributed by atoms with van der Waals surface area (Å²) in [5.41, 5.74) is 1.17. The molecule has 3 atom stereocenters. The summed E-state index contributed by atoms with van der Waals surface area (Å²) in [4.78, 5) is 0. The standard InChI is InChI=1S/C15H21NO2/c1-18-15-8-11(3-5-14(15)17)9-16-13-7-10-2-4-12(13)6-10/h3,5,8,10,12-13,16-17H,2,4,6-7,9H2,1H3. The second-order valence-electron chi connectivity index (χ2n) is 5.67. The van der Waals surface area contributed by atoms with Crippen molar-refractivity contribution in [3.8, 4) is 11.5 Å². The predicted molar refractivity (Wildman–Crippen MR) is 70.7 cm³/mol. The van der Waals surface area contributed by atoms with Crippen LogP contribution in [0.3, 0.4) is 0 Å². The molecule has 2 saturated carbocycles. The van der Waals surface area contributed by atoms with Gasteiger partial charge in [0.1, 0.15) is 0 Å². The van der Waals surface area contributed by atoms with Crippen molar-refractivity contribution in [3.05, 3.63) is 23.8 Å². The van der Waals surface area contributed by atoms with Crippen molar-refractivity contribution in [1.29, 1.82) is 0 Å². The fourth-order valence-corrected chi connectivity index (χ4v) is 3.58. The molecule has 0 aromatic heterocycles. The molecule has 2 bridgehead atoms. The topological polar surface area (TPSA) is 41.5 Å². The third-order valence-electron chi connectivity index (χ3n) is 4.55. The normalized spacial score (nSPS) is 29.7. The van der Waals surface area contributed by atoms with Gasteiger partial charge in [-0.2, -0.15) is 0 Å². The lowest BCUT2D eigenvalue weighted by Crippen LogP contribution is -2.33. The third kappa shape index (κ3) is 2.19. The highest BCUT2D eigenvalue weighted by Gasteiger charge is 2.38. The van der Waals surface area contributed by atoms with Crippen LogP contribution in [0, 0.1) is 11.8 Å². The summed E-state index contributed by atoms with van der Waals surface area (Å²) in [6.45, 7) is 0.866. The Morgan fingerprint density at radius 1 is 1.33 bits per heavy atom. The number of phenols is 1. The van der Waals surface area contributed by atoms with Crippen LogP contribution in [-0.2, 0) is 6.54 Å². The molecule has 0 saturated heterocycles. The van der Waals surface area contributed by atoms with E-state index in [0.717, 1.165) is 18.4 Å². The van der Waals surface area contributed by atoms with E-state index in [9.17, 15) is 5.11 Å². The zero-order chi connectivity index (χ0) is 12.5. The summed E-state index contributed by atoms with van der Waals surface area (Å²) in [5, 5.41) is 13.2. The van der Waals surface area contributed by atoms with E-state index in [2.05, 4.69) is 5.32 Å². The molecule has 1 aromatic rings. The van der Waals surface area contributed by atoms with Crippen molar-refractivity contribution in [2.75, 3.05) is 7.11 Å². The average Bonchev–Trinajstić information content (AvgIpc) is 3.00. The van der Waals surface area contributed by atoms with Gasteiger partial charge in [-0.25, -0.2) is 0 Å². The molecule has 1 aromatic carbocycles. The van der Waals surface area contributed by atoms with Crippen molar-refractivity contribution in [1.82, 2.24) is 5.32 Å². The molecule has 2 fully saturated rings. The minimum Gasteiger partial charge on any atom is -0.504 e. The Morgan fingerprint density at radius 2 is 2.22 bits per heavy atom. The van der Waals surface area contributed by atoms with E-state index in [-0.39, 0.29) is 5.75 Å². The van der Waals surface area contributed by atoms with Crippen molar-refractivity contribution < 1.29 is 9.84 Å². The lowest BCUT2D eigenvalue weighted by molar-refractivity contribution is 0.349. The van der Waals surface area contributed by atoms with Crippen molar-refractivity contribution in [2.24, 2.45) is 11.8 Å². The second kappa shape index (κ2) is 4.81. The van der Waals surface area contributed by atoms with Gasteiger partial charge in [0.2, 0.25) is 0 Å². The molecule has 2 aliphatic rings. The number of hydrogen-bond donors (Lipinski definition) is 2. The number of fused-ring (bicyclic) bond motifs is 2. The molecular formula is C15H21NO2. The minimum absolute atomic E-state index is 0.209. The Kier molecular flexibility index (Phi) is 3.16. The fourth-order valence-electron chi connectivity index (χ4n) is 3.58. The number of ether oxygens (including phenoxy) is 1. The van der Waals surface area contributed by atoms with E-state index in [1.165, 1.54) is 31.2 Å². The van der Waals surface area contributed by atoms with Gasteiger partial charge in [0.15, 0.2) is 11.5 Å². The van der Waals surface area contributed by atoms with Crippen LogP contribution in [0.15, 0.2) is 18.2 Å². The molecular weight excluding hydrogens is 226 g/mol. The van der Waals surface area contributed by atoms with Crippen LogP contribution in [0.4, 0.5) is 0 Å². The van der Waals surface area contributed by atoms with Gasteiger partial charge in [-0.1, -0.05) is 12.5 Å². The molecule has 3 heteroatoms. The third-order valence-corrected chi connectivity index (χ3v) is 4.55. The number of nitrogens with one attached hydrogen (secondary N) is 1. The zero-order valence-corrected chi connectivity index (χ0v) is 10.9. The van der Waals surface area contributed by atoms with Crippen LogP contribution >= 0.6 is 0 Å². The fraction of sp³-hybridized carbons (Fsp3) is 0.600. The van der Waals surface area contributed by atoms with Crippen LogP contribution in [-0.4, -0.2) is 18.3 Å². The highest BCUT2D eigenvalue weighted by molar-refractivity contribution is 5.41. The summed E-state index contributed by atoms with van der Waals surface area (Å²) in [5.74, 6) is 2.64. The molecule has 0 amide bonds. The van der Waals surface area contributed by atoms with Crippen LogP contribution < -0.4 is 10.1 Å². The first kappa shape index (κ1) is 11.8. The first-order valence-corrected chi connectivity index (χ1v) is 6.85. The maximum Gasteiger partial charge on any atom is 0.160 e. The minimum atomic E-state index is 0.209. The highest BCUT2D eigenvalue weighted by Crippen LogP contribution is 2.44. The first-order chi connectivity index (χ1) is 8.76. The number of rotatable bonds is 4. The number of phenolic OH excluding ortho intramolecular Hbond substituents is 1. The summed E-state index contributed by atoms with van der Waals surface area (Å²) < 4.78 is 5.13. The molecule has 0 spiro atoms. The Bertz CT molecular complexity index is 433. The van der Waals surface area contributed by atoms with Gasteiger partial charge >= 0.3 is 0 Å². The molecule has 3 rings (SSSR count). The van der Waals surface area contributed by atoms with Crippen molar-refractivity contribution in [3.63, 3.8) is 0 Å². The van der Waals surface area contributed by atoms with Crippen LogP contribution in [0.2, 0.25) is 0 Å². The van der Waals surface area contributed by atoms with Crippen molar-refractivity contribution in [2.45, 2.75) is 38.3 Å². The number of hydrogen-bond acceptors (Lipinski definition) is 3. The van der Waals surface area contributed by atoms with E-state index in [1.54, 1.807) is 13.2 Å². The molecule has 98 valence electrons. The SMILES string of the molecule is COc1cc(CNC2CC3CCC2C3)ccc1O. The van der Waals surface area contributed by atoms with Crippen LogP contribution in [0.5, 0.6) is 11.5 Å². The summed E-state index contributed by atoms with van der Waals surface area (Å²) in [7, 11) is 1.59. The summed E-state index contributed by atoms with van der Waals surface area (Å²) >= 11 is 0. The van der Waals surface area contributed by atoms with Gasteiger partial charge in [0.25, 0.3) is 0 Å². The van der Waals surface area contributed by atoms with Gasteiger partial charge in [0.05, 0.1) is 7.11 Å². The molecule has 2 N–H and O–H groups in total. The van der Waals surface area contributed by atoms with E-state index in [1.807, 2.05) is 12.1 Å². The monoisotopic (exact) mass is 247 g/mol. The van der Waals surface area contributed by atoms with E-state index in [4.69, 9.17) is 4.74 Å². The van der Waals surface area contributed by atoms with Gasteiger partial charge in [-0.05, 0) is 48.8 Å². The Balaban J connectivity index is 1.60. The smallest absolute Gasteiger partial charge is 0.160 e. The molecule has 3 unspecified atom stereocenters. The largest absolute Gasteiger partial charge is 0.504 e. The van der Waals surface area contributed by atoms with E-state index in [0.29, 0.717) is 11.8 Å². The van der Waals surface area contributed by atoms with Gasteiger partial charge < -0.3 is 15.2 Å². The quantitative estimate of drug-likeness (QED) is 0.859. The van der Waals surface area contributed by atoms with Gasteiger partial charge in [0, 0.05) is 12.6 Å². The summed E-state index contributed by atoms with van der Waals surface area (Å²) in [6.07, 6.45) is 5.62. The van der Waals surface area contributed by atoms with Crippen LogP contribution in [0.1, 0.15) is 31.2 Å². The van der Waals surface area contributed by atoms with Crippen molar-refractivity contribution >= 4 is 0 Å². The van der Waals surface area contributed by atoms with Gasteiger partial charge in [-0.15, -0.1) is 0 Å². The second-order valence-corrected chi connectivity index (χ2v) is 5.67. The molecule has 18 heavy (non-hydrogen) atoms. The number of aromatic hydroxyl groups is 1. The zero-order valence-electron chi connectivity index (χ0n) is 10.9. The lowest BCUT2D eigenvalue weighted by Gasteiger charge is -2.23. The van der Waals surface area contributed by atoms with E-state index >= 15 is 0 Å². The number of methoxy groups -OCH3 is 1. The molecule has 3 nitrogen and oxygen atoms in total. The number of benzene rings is 1.